The number of amides is 1. The van der Waals surface area contributed by atoms with Gasteiger partial charge in [0.25, 0.3) is 11.5 Å². The number of thiophene rings is 1. The smallest absolute Gasteiger partial charge is 0.269 e. The zero-order chi connectivity index (χ0) is 22.1. The van der Waals surface area contributed by atoms with Gasteiger partial charge in [0.15, 0.2) is 0 Å². The molecule has 8 heteroatoms. The maximum Gasteiger partial charge on any atom is 0.269 e. The van der Waals surface area contributed by atoms with Crippen molar-refractivity contribution in [3.05, 3.63) is 91.5 Å². The average molecular weight is 465 g/mol. The Morgan fingerprint density at radius 1 is 1.06 bits per heavy atom. The van der Waals surface area contributed by atoms with Crippen LogP contribution in [0.2, 0.25) is 5.02 Å². The molecule has 4 aromatic rings. The average Bonchev–Trinajstić information content (AvgIpc) is 3.19. The lowest BCUT2D eigenvalue weighted by Gasteiger charge is -2.15. The summed E-state index contributed by atoms with van der Waals surface area (Å²) in [4.78, 5) is 32.9. The van der Waals surface area contributed by atoms with Gasteiger partial charge in [-0.1, -0.05) is 41.9 Å². The number of nitrogens with one attached hydrogen (secondary N) is 2. The third kappa shape index (κ3) is 4.01. The fourth-order valence-corrected chi connectivity index (χ4v) is 5.41. The minimum Gasteiger partial charge on any atom is -0.272 e. The molecule has 0 saturated carbocycles. The number of benzene rings is 2. The SMILES string of the molecule is O=C(NNc1nc2sc3c(c2c(=O)n1Cc1ccccc1)CCCC3)c1ccc(Cl)cc1. The quantitative estimate of drug-likeness (QED) is 0.416. The third-order valence-corrected chi connectivity index (χ3v) is 7.09. The molecule has 0 aliphatic heterocycles. The summed E-state index contributed by atoms with van der Waals surface area (Å²) in [5, 5.41) is 1.27. The Morgan fingerprint density at radius 2 is 1.81 bits per heavy atom. The summed E-state index contributed by atoms with van der Waals surface area (Å²) in [6.45, 7) is 0.354. The van der Waals surface area contributed by atoms with Gasteiger partial charge in [0.1, 0.15) is 4.83 Å². The second-order valence-electron chi connectivity index (χ2n) is 7.79. The van der Waals surface area contributed by atoms with E-state index in [-0.39, 0.29) is 11.5 Å². The van der Waals surface area contributed by atoms with Crippen molar-refractivity contribution in [2.45, 2.75) is 32.2 Å². The van der Waals surface area contributed by atoms with E-state index in [0.29, 0.717) is 23.1 Å². The molecule has 2 aromatic heterocycles. The van der Waals surface area contributed by atoms with Crippen molar-refractivity contribution in [3.63, 3.8) is 0 Å². The Hall–Kier alpha value is -3.16. The number of hydrogen-bond acceptors (Lipinski definition) is 5. The minimum atomic E-state index is -0.340. The van der Waals surface area contributed by atoms with Crippen molar-refractivity contribution in [1.82, 2.24) is 15.0 Å². The maximum atomic E-state index is 13.6. The van der Waals surface area contributed by atoms with Gasteiger partial charge in [-0.05, 0) is 61.1 Å². The lowest BCUT2D eigenvalue weighted by atomic mass is 9.97. The van der Waals surface area contributed by atoms with E-state index in [1.165, 1.54) is 4.88 Å². The Morgan fingerprint density at radius 3 is 2.59 bits per heavy atom. The monoisotopic (exact) mass is 464 g/mol. The summed E-state index contributed by atoms with van der Waals surface area (Å²) in [7, 11) is 0. The third-order valence-electron chi connectivity index (χ3n) is 5.65. The highest BCUT2D eigenvalue weighted by molar-refractivity contribution is 7.18. The second-order valence-corrected chi connectivity index (χ2v) is 9.31. The molecule has 162 valence electrons. The molecule has 5 rings (SSSR count). The molecule has 1 amide bonds. The van der Waals surface area contributed by atoms with E-state index in [1.54, 1.807) is 40.2 Å². The number of aryl methyl sites for hydroxylation is 2. The van der Waals surface area contributed by atoms with E-state index < -0.39 is 0 Å². The number of carbonyl (C=O) groups is 1. The first-order valence-corrected chi connectivity index (χ1v) is 11.7. The molecule has 0 atom stereocenters. The van der Waals surface area contributed by atoms with Gasteiger partial charge in [-0.3, -0.25) is 25.0 Å². The van der Waals surface area contributed by atoms with Gasteiger partial charge in [-0.2, -0.15) is 0 Å². The standard InChI is InChI=1S/C24H21ClN4O2S/c25-17-12-10-16(11-13-17)21(30)27-28-24-26-22-20(18-8-4-5-9-19(18)32-22)23(31)29(24)14-15-6-2-1-3-7-15/h1-3,6-7,10-13H,4-5,8-9,14H2,(H,26,28)(H,27,30). The molecular formula is C24H21ClN4O2S. The van der Waals surface area contributed by atoms with Crippen LogP contribution in [0, 0.1) is 0 Å². The second kappa shape index (κ2) is 8.76. The van der Waals surface area contributed by atoms with E-state index in [1.807, 2.05) is 30.3 Å². The van der Waals surface area contributed by atoms with Gasteiger partial charge >= 0.3 is 0 Å². The van der Waals surface area contributed by atoms with E-state index in [9.17, 15) is 9.59 Å². The molecule has 0 spiro atoms. The van der Waals surface area contributed by atoms with Crippen LogP contribution in [0.4, 0.5) is 5.95 Å². The molecule has 6 nitrogen and oxygen atoms in total. The molecule has 0 radical (unpaired) electrons. The normalized spacial score (nSPS) is 13.0. The summed E-state index contributed by atoms with van der Waals surface area (Å²) in [5.41, 5.74) is 8.04. The highest BCUT2D eigenvalue weighted by atomic mass is 35.5. The number of hydrazine groups is 1. The Bertz CT molecular complexity index is 1350. The Kier molecular flexibility index (Phi) is 5.68. The molecule has 0 bridgehead atoms. The van der Waals surface area contributed by atoms with Crippen molar-refractivity contribution in [2.75, 3.05) is 5.43 Å². The van der Waals surface area contributed by atoms with E-state index in [2.05, 4.69) is 10.9 Å². The van der Waals surface area contributed by atoms with Crippen LogP contribution < -0.4 is 16.4 Å². The highest BCUT2D eigenvalue weighted by Gasteiger charge is 2.22. The summed E-state index contributed by atoms with van der Waals surface area (Å²) < 4.78 is 1.60. The van der Waals surface area contributed by atoms with Gasteiger partial charge in [-0.25, -0.2) is 4.98 Å². The van der Waals surface area contributed by atoms with Crippen molar-refractivity contribution in [1.29, 1.82) is 0 Å². The molecule has 0 unspecified atom stereocenters. The van der Waals surface area contributed by atoms with E-state index in [4.69, 9.17) is 16.6 Å². The highest BCUT2D eigenvalue weighted by Crippen LogP contribution is 2.34. The van der Waals surface area contributed by atoms with Crippen LogP contribution in [0.5, 0.6) is 0 Å². The number of carbonyl (C=O) groups excluding carboxylic acids is 1. The van der Waals surface area contributed by atoms with E-state index >= 15 is 0 Å². The van der Waals surface area contributed by atoms with Gasteiger partial charge in [0.2, 0.25) is 5.95 Å². The number of halogens is 1. The molecule has 2 N–H and O–H groups in total. The van der Waals surface area contributed by atoms with Gasteiger partial charge in [0.05, 0.1) is 11.9 Å². The number of nitrogens with zero attached hydrogens (tertiary/aromatic N) is 2. The Labute approximate surface area is 193 Å². The number of anilines is 1. The van der Waals surface area contributed by atoms with Crippen LogP contribution in [0.15, 0.2) is 59.4 Å². The molecule has 2 heterocycles. The summed E-state index contributed by atoms with van der Waals surface area (Å²) in [6.07, 6.45) is 4.14. The topological polar surface area (TPSA) is 76.0 Å². The predicted octanol–water partition coefficient (Wildman–Crippen LogP) is 4.80. The van der Waals surface area contributed by atoms with Gasteiger partial charge in [-0.15, -0.1) is 11.3 Å². The summed E-state index contributed by atoms with van der Waals surface area (Å²) in [5.74, 6) is -0.0278. The van der Waals surface area contributed by atoms with Gasteiger partial charge < -0.3 is 0 Å². The van der Waals surface area contributed by atoms with Crippen LogP contribution in [0.3, 0.4) is 0 Å². The largest absolute Gasteiger partial charge is 0.272 e. The van der Waals surface area contributed by atoms with E-state index in [0.717, 1.165) is 47.0 Å². The molecule has 1 aliphatic rings. The lowest BCUT2D eigenvalue weighted by Crippen LogP contribution is -2.34. The van der Waals surface area contributed by atoms with Crippen LogP contribution >= 0.6 is 22.9 Å². The molecule has 1 aliphatic carbocycles. The molecule has 32 heavy (non-hydrogen) atoms. The fourth-order valence-electron chi connectivity index (χ4n) is 4.03. The predicted molar refractivity (Wildman–Crippen MR) is 129 cm³/mol. The maximum absolute atomic E-state index is 13.6. The van der Waals surface area contributed by atoms with Crippen LogP contribution in [-0.2, 0) is 19.4 Å². The zero-order valence-corrected chi connectivity index (χ0v) is 18.8. The lowest BCUT2D eigenvalue weighted by molar-refractivity contribution is 0.0962. The molecule has 0 saturated heterocycles. The number of hydrogen-bond donors (Lipinski definition) is 2. The molecule has 0 fully saturated rings. The Balaban J connectivity index is 1.53. The summed E-state index contributed by atoms with van der Waals surface area (Å²) in [6, 6.07) is 16.3. The van der Waals surface area contributed by atoms with Crippen LogP contribution in [0.1, 0.15) is 39.2 Å². The number of rotatable bonds is 5. The van der Waals surface area contributed by atoms with Crippen LogP contribution in [0.25, 0.3) is 10.2 Å². The first-order chi connectivity index (χ1) is 15.6. The number of aromatic nitrogens is 2. The zero-order valence-electron chi connectivity index (χ0n) is 17.2. The van der Waals surface area contributed by atoms with Crippen molar-refractivity contribution in [2.24, 2.45) is 0 Å². The molecule has 2 aromatic carbocycles. The van der Waals surface area contributed by atoms with Crippen molar-refractivity contribution >= 4 is 45.0 Å². The fraction of sp³-hybridized carbons (Fsp3) is 0.208. The van der Waals surface area contributed by atoms with Crippen molar-refractivity contribution in [3.8, 4) is 0 Å². The van der Waals surface area contributed by atoms with Crippen molar-refractivity contribution < 1.29 is 4.79 Å². The number of fused-ring (bicyclic) bond motifs is 3. The molecular weight excluding hydrogens is 444 g/mol. The minimum absolute atomic E-state index is 0.0819. The van der Waals surface area contributed by atoms with Gasteiger partial charge in [0, 0.05) is 15.5 Å². The summed E-state index contributed by atoms with van der Waals surface area (Å²) >= 11 is 7.49. The van der Waals surface area contributed by atoms with Crippen LogP contribution in [-0.4, -0.2) is 15.5 Å². The first kappa shape index (κ1) is 20.7. The first-order valence-electron chi connectivity index (χ1n) is 10.5.